The Bertz CT molecular complexity index is 1010. The van der Waals surface area contributed by atoms with Gasteiger partial charge in [0, 0.05) is 11.8 Å². The molecule has 0 saturated heterocycles. The number of aliphatic carboxylic acids is 1. The van der Waals surface area contributed by atoms with E-state index in [1.165, 1.54) is 28.7 Å². The molecule has 0 aliphatic heterocycles. The Labute approximate surface area is 126 Å². The van der Waals surface area contributed by atoms with Gasteiger partial charge in [0.25, 0.3) is 5.56 Å². The molecular weight excluding hydrogens is 313 g/mol. The molecule has 23 heavy (non-hydrogen) atoms. The molecule has 118 valence electrons. The molecule has 0 fully saturated rings. The quantitative estimate of drug-likeness (QED) is 0.712. The molecule has 3 rings (SSSR count). The summed E-state index contributed by atoms with van der Waals surface area (Å²) in [5, 5.41) is 8.69. The zero-order valence-corrected chi connectivity index (χ0v) is 11.4. The summed E-state index contributed by atoms with van der Waals surface area (Å²) in [6, 6.07) is 5.98. The fourth-order valence-corrected chi connectivity index (χ4v) is 2.38. The minimum atomic E-state index is -4.53. The van der Waals surface area contributed by atoms with E-state index in [1.54, 1.807) is 0 Å². The van der Waals surface area contributed by atoms with Crippen LogP contribution in [0.1, 0.15) is 11.3 Å². The second-order valence-corrected chi connectivity index (χ2v) is 4.83. The molecule has 0 bridgehead atoms. The number of carboxylic acid groups (broad SMARTS) is 1. The predicted octanol–water partition coefficient (Wildman–Crippen LogP) is 2.90. The number of fused-ring (bicyclic) bond motifs is 3. The number of nitrogens with one attached hydrogen (secondary N) is 1. The van der Waals surface area contributed by atoms with Crippen LogP contribution in [-0.4, -0.2) is 20.5 Å². The van der Waals surface area contributed by atoms with Crippen LogP contribution < -0.4 is 5.56 Å². The summed E-state index contributed by atoms with van der Waals surface area (Å²) >= 11 is 0. The topological polar surface area (TPSA) is 74.6 Å². The molecule has 0 aliphatic rings. The largest absolute Gasteiger partial charge is 0.478 e. The normalized spacial score (nSPS) is 12.5. The van der Waals surface area contributed by atoms with E-state index < -0.39 is 23.3 Å². The van der Waals surface area contributed by atoms with Crippen molar-refractivity contribution >= 4 is 28.6 Å². The molecule has 2 N–H and O–H groups in total. The smallest absolute Gasteiger partial charge is 0.416 e. The number of hydrogen-bond donors (Lipinski definition) is 2. The fraction of sp³-hybridized carbons (Fsp3) is 0.0667. The molecule has 2 aromatic heterocycles. The van der Waals surface area contributed by atoms with E-state index >= 15 is 0 Å². The van der Waals surface area contributed by atoms with E-state index in [1.807, 2.05) is 0 Å². The summed E-state index contributed by atoms with van der Waals surface area (Å²) in [6.07, 6.45) is -2.37. The Morgan fingerprint density at radius 2 is 1.87 bits per heavy atom. The number of rotatable bonds is 2. The Kier molecular flexibility index (Phi) is 3.24. The van der Waals surface area contributed by atoms with Crippen LogP contribution in [0, 0.1) is 0 Å². The summed E-state index contributed by atoms with van der Waals surface area (Å²) in [6.45, 7) is 0. The van der Waals surface area contributed by atoms with E-state index in [9.17, 15) is 22.8 Å². The lowest BCUT2D eigenvalue weighted by Crippen LogP contribution is -2.12. The van der Waals surface area contributed by atoms with Gasteiger partial charge in [0.15, 0.2) is 0 Å². The summed E-state index contributed by atoms with van der Waals surface area (Å²) in [5.74, 6) is -1.17. The minimum Gasteiger partial charge on any atom is -0.478 e. The monoisotopic (exact) mass is 322 g/mol. The van der Waals surface area contributed by atoms with Crippen molar-refractivity contribution in [2.75, 3.05) is 0 Å². The van der Waals surface area contributed by atoms with Crippen molar-refractivity contribution in [3.63, 3.8) is 0 Å². The predicted molar refractivity (Wildman–Crippen MR) is 77.2 cm³/mol. The molecule has 0 aliphatic carbocycles. The molecule has 5 nitrogen and oxygen atoms in total. The number of aromatic amines is 1. The van der Waals surface area contributed by atoms with Gasteiger partial charge in [-0.25, -0.2) is 4.79 Å². The highest BCUT2D eigenvalue weighted by Gasteiger charge is 2.30. The van der Waals surface area contributed by atoms with Crippen molar-refractivity contribution in [2.45, 2.75) is 6.18 Å². The van der Waals surface area contributed by atoms with E-state index in [-0.39, 0.29) is 11.0 Å². The average molecular weight is 322 g/mol. The molecule has 0 saturated carbocycles. The maximum absolute atomic E-state index is 12.8. The Hall–Kier alpha value is -3.03. The number of aromatic nitrogens is 2. The summed E-state index contributed by atoms with van der Waals surface area (Å²) in [4.78, 5) is 25.0. The van der Waals surface area contributed by atoms with Crippen LogP contribution in [0.5, 0.6) is 0 Å². The number of H-pyrrole nitrogens is 1. The van der Waals surface area contributed by atoms with Gasteiger partial charge in [-0.15, -0.1) is 0 Å². The second kappa shape index (κ2) is 5.01. The molecule has 3 aromatic rings. The zero-order valence-electron chi connectivity index (χ0n) is 11.4. The Balaban J connectivity index is 2.35. The molecular formula is C15H9F3N2O3. The molecule has 8 heteroatoms. The third kappa shape index (κ3) is 2.59. The summed E-state index contributed by atoms with van der Waals surface area (Å²) in [7, 11) is 0. The zero-order chi connectivity index (χ0) is 16.8. The maximum atomic E-state index is 12.8. The lowest BCUT2D eigenvalue weighted by molar-refractivity contribution is -0.137. The number of halogens is 3. The van der Waals surface area contributed by atoms with Gasteiger partial charge in [-0.3, -0.25) is 4.79 Å². The van der Waals surface area contributed by atoms with E-state index in [0.29, 0.717) is 11.2 Å². The molecule has 1 aromatic carbocycles. The van der Waals surface area contributed by atoms with Crippen molar-refractivity contribution < 1.29 is 23.1 Å². The number of carboxylic acids is 1. The van der Waals surface area contributed by atoms with Gasteiger partial charge in [0.2, 0.25) is 0 Å². The number of nitrogens with zero attached hydrogens (tertiary/aromatic N) is 1. The number of alkyl halides is 3. The standard InChI is InChI=1S/C15H9F3N2O3/c16-15(17,18)8-1-4-11-10(7-8)19-14(23)12-5-2-9(20(11)12)3-6-13(21)22/h1-7H,(H,19,23)(H,21,22). The first-order valence-corrected chi connectivity index (χ1v) is 6.43. The summed E-state index contributed by atoms with van der Waals surface area (Å²) in [5.41, 5.74) is -0.511. The van der Waals surface area contributed by atoms with Gasteiger partial charge in [-0.2, -0.15) is 13.2 Å². The van der Waals surface area contributed by atoms with Gasteiger partial charge >= 0.3 is 12.1 Å². The van der Waals surface area contributed by atoms with Gasteiger partial charge in [0.1, 0.15) is 5.52 Å². The highest BCUT2D eigenvalue weighted by Crippen LogP contribution is 2.31. The first-order valence-electron chi connectivity index (χ1n) is 6.43. The number of benzene rings is 1. The fourth-order valence-electron chi connectivity index (χ4n) is 2.38. The van der Waals surface area contributed by atoms with Crippen molar-refractivity contribution in [1.29, 1.82) is 0 Å². The molecule has 0 amide bonds. The van der Waals surface area contributed by atoms with Gasteiger partial charge < -0.3 is 14.5 Å². The van der Waals surface area contributed by atoms with Crippen LogP contribution in [0.15, 0.2) is 41.2 Å². The SMILES string of the molecule is O=C(O)C=Cc1ccc2c(=O)[nH]c3cc(C(F)(F)F)ccc3n12. The van der Waals surface area contributed by atoms with E-state index in [4.69, 9.17) is 5.11 Å². The van der Waals surface area contributed by atoms with Crippen LogP contribution in [0.25, 0.3) is 22.6 Å². The Morgan fingerprint density at radius 1 is 1.17 bits per heavy atom. The minimum absolute atomic E-state index is 0.0125. The lowest BCUT2D eigenvalue weighted by atomic mass is 10.2. The highest BCUT2D eigenvalue weighted by atomic mass is 19.4. The van der Waals surface area contributed by atoms with Crippen molar-refractivity contribution in [1.82, 2.24) is 9.38 Å². The first-order chi connectivity index (χ1) is 10.8. The van der Waals surface area contributed by atoms with Gasteiger partial charge in [-0.05, 0) is 36.4 Å². The van der Waals surface area contributed by atoms with Gasteiger partial charge in [0.05, 0.1) is 16.6 Å². The van der Waals surface area contributed by atoms with Crippen LogP contribution in [0.4, 0.5) is 13.2 Å². The average Bonchev–Trinajstić information content (AvgIpc) is 2.88. The third-order valence-corrected chi connectivity index (χ3v) is 3.35. The first kappa shape index (κ1) is 14.9. The maximum Gasteiger partial charge on any atom is 0.416 e. The molecule has 0 unspecified atom stereocenters. The Morgan fingerprint density at radius 3 is 2.52 bits per heavy atom. The molecule has 0 spiro atoms. The van der Waals surface area contributed by atoms with E-state index in [2.05, 4.69) is 4.98 Å². The lowest BCUT2D eigenvalue weighted by Gasteiger charge is -2.09. The molecule has 0 atom stereocenters. The van der Waals surface area contributed by atoms with Gasteiger partial charge in [-0.1, -0.05) is 0 Å². The summed E-state index contributed by atoms with van der Waals surface area (Å²) < 4.78 is 39.8. The van der Waals surface area contributed by atoms with Crippen LogP contribution in [-0.2, 0) is 11.0 Å². The second-order valence-electron chi connectivity index (χ2n) is 4.83. The van der Waals surface area contributed by atoms with Crippen molar-refractivity contribution in [3.05, 3.63) is 58.0 Å². The highest BCUT2D eigenvalue weighted by molar-refractivity contribution is 5.86. The molecule has 2 heterocycles. The van der Waals surface area contributed by atoms with Crippen molar-refractivity contribution in [2.24, 2.45) is 0 Å². The van der Waals surface area contributed by atoms with Crippen molar-refractivity contribution in [3.8, 4) is 0 Å². The third-order valence-electron chi connectivity index (χ3n) is 3.35. The van der Waals surface area contributed by atoms with Crippen LogP contribution in [0.3, 0.4) is 0 Å². The number of carbonyl (C=O) groups is 1. The number of hydrogen-bond acceptors (Lipinski definition) is 2. The van der Waals surface area contributed by atoms with E-state index in [0.717, 1.165) is 18.2 Å². The van der Waals surface area contributed by atoms with Crippen LogP contribution >= 0.6 is 0 Å². The van der Waals surface area contributed by atoms with Crippen LogP contribution in [0.2, 0.25) is 0 Å². The molecule has 0 radical (unpaired) electrons.